The molecule has 0 fully saturated rings. The Kier molecular flexibility index (Phi) is 7.28. The summed E-state index contributed by atoms with van der Waals surface area (Å²) in [6, 6.07) is 4.61. The van der Waals surface area contributed by atoms with Crippen LogP contribution in [0.15, 0.2) is 24.4 Å². The van der Waals surface area contributed by atoms with Gasteiger partial charge in [0.25, 0.3) is 5.91 Å². The third-order valence-corrected chi connectivity index (χ3v) is 4.10. The number of nitrogens with zero attached hydrogens (tertiary/aromatic N) is 2. The molecule has 1 aromatic heterocycles. The molecule has 1 N–H and O–H groups in total. The van der Waals surface area contributed by atoms with Crippen molar-refractivity contribution in [3.05, 3.63) is 35.0 Å². The Hall–Kier alpha value is -2.74. The molecule has 28 heavy (non-hydrogen) atoms. The van der Waals surface area contributed by atoms with E-state index in [9.17, 15) is 9.59 Å². The Morgan fingerprint density at radius 2 is 2.00 bits per heavy atom. The van der Waals surface area contributed by atoms with Gasteiger partial charge < -0.3 is 19.5 Å². The minimum Gasteiger partial charge on any atom is -0.493 e. The lowest BCUT2D eigenvalue weighted by Crippen LogP contribution is -2.31. The number of methoxy groups -OCH3 is 1. The van der Waals surface area contributed by atoms with Gasteiger partial charge in [-0.25, -0.2) is 9.48 Å². The number of hydrogen-bond donors (Lipinski definition) is 1. The normalized spacial score (nSPS) is 11.8. The maximum Gasteiger partial charge on any atom is 0.339 e. The first-order valence-electron chi connectivity index (χ1n) is 8.84. The third kappa shape index (κ3) is 4.95. The number of halogens is 1. The van der Waals surface area contributed by atoms with E-state index in [4.69, 9.17) is 25.8 Å². The number of ether oxygens (including phenoxy) is 3. The highest BCUT2D eigenvalue weighted by molar-refractivity contribution is 6.32. The van der Waals surface area contributed by atoms with E-state index in [1.54, 1.807) is 16.9 Å². The molecule has 1 amide bonds. The molecule has 2 rings (SSSR count). The van der Waals surface area contributed by atoms with Gasteiger partial charge in [-0.15, -0.1) is 0 Å². The molecule has 0 saturated heterocycles. The van der Waals surface area contributed by atoms with E-state index in [1.165, 1.54) is 26.2 Å². The van der Waals surface area contributed by atoms with Crippen molar-refractivity contribution in [2.45, 2.75) is 39.8 Å². The van der Waals surface area contributed by atoms with Crippen LogP contribution in [-0.2, 0) is 9.53 Å². The van der Waals surface area contributed by atoms with Crippen LogP contribution >= 0.6 is 11.6 Å². The minimum atomic E-state index is -1.03. The van der Waals surface area contributed by atoms with E-state index >= 15 is 0 Å². The van der Waals surface area contributed by atoms with Crippen molar-refractivity contribution < 1.29 is 23.8 Å². The first kappa shape index (κ1) is 21.6. The molecule has 0 aliphatic heterocycles. The predicted octanol–water partition coefficient (Wildman–Crippen LogP) is 3.71. The van der Waals surface area contributed by atoms with Crippen LogP contribution in [0.2, 0.25) is 5.02 Å². The minimum absolute atomic E-state index is 0.0709. The van der Waals surface area contributed by atoms with Gasteiger partial charge in [-0.2, -0.15) is 5.10 Å². The van der Waals surface area contributed by atoms with Crippen LogP contribution in [0.3, 0.4) is 0 Å². The summed E-state index contributed by atoms with van der Waals surface area (Å²) in [5.74, 6) is -0.00751. The molecule has 2 aromatic rings. The van der Waals surface area contributed by atoms with Crippen molar-refractivity contribution in [2.75, 3.05) is 19.0 Å². The lowest BCUT2D eigenvalue weighted by Gasteiger charge is -2.16. The summed E-state index contributed by atoms with van der Waals surface area (Å²) in [6.07, 6.45) is 0.555. The zero-order valence-corrected chi connectivity index (χ0v) is 17.2. The van der Waals surface area contributed by atoms with Crippen molar-refractivity contribution in [1.29, 1.82) is 0 Å². The number of hydrogen-bond acceptors (Lipinski definition) is 6. The van der Waals surface area contributed by atoms with Crippen molar-refractivity contribution in [3.8, 4) is 11.5 Å². The van der Waals surface area contributed by atoms with Gasteiger partial charge in [0.15, 0.2) is 17.6 Å². The second kappa shape index (κ2) is 9.45. The molecule has 0 radical (unpaired) electrons. The molecule has 0 bridgehead atoms. The molecule has 1 heterocycles. The second-order valence-corrected chi connectivity index (χ2v) is 6.62. The Labute approximate surface area is 168 Å². The zero-order valence-electron chi connectivity index (χ0n) is 16.5. The van der Waals surface area contributed by atoms with Gasteiger partial charge in [0.2, 0.25) is 0 Å². The van der Waals surface area contributed by atoms with Gasteiger partial charge in [-0.1, -0.05) is 11.6 Å². The Bertz CT molecular complexity index is 850. The lowest BCUT2D eigenvalue weighted by molar-refractivity contribution is -0.123. The number of esters is 1. The van der Waals surface area contributed by atoms with Crippen molar-refractivity contribution >= 4 is 29.3 Å². The number of carbonyl (C=O) groups is 2. The highest BCUT2D eigenvalue weighted by Crippen LogP contribution is 2.36. The predicted molar refractivity (Wildman–Crippen MR) is 105 cm³/mol. The Morgan fingerprint density at radius 3 is 2.61 bits per heavy atom. The molecule has 1 atom stereocenters. The summed E-state index contributed by atoms with van der Waals surface area (Å²) in [4.78, 5) is 24.8. The molecule has 0 saturated carbocycles. The van der Waals surface area contributed by atoms with Crippen LogP contribution in [0.1, 0.15) is 44.1 Å². The average molecular weight is 410 g/mol. The van der Waals surface area contributed by atoms with E-state index < -0.39 is 18.0 Å². The summed E-state index contributed by atoms with van der Waals surface area (Å²) in [5, 5.41) is 7.06. The fraction of sp³-hybridized carbons (Fsp3) is 0.421. The maximum atomic E-state index is 12.5. The second-order valence-electron chi connectivity index (χ2n) is 6.21. The van der Waals surface area contributed by atoms with Gasteiger partial charge in [-0.05, 0) is 39.8 Å². The highest BCUT2D eigenvalue weighted by Gasteiger charge is 2.23. The number of aromatic nitrogens is 2. The van der Waals surface area contributed by atoms with Gasteiger partial charge in [-0.3, -0.25) is 4.79 Å². The van der Waals surface area contributed by atoms with Crippen molar-refractivity contribution in [2.24, 2.45) is 0 Å². The van der Waals surface area contributed by atoms with Crippen LogP contribution in [0.5, 0.6) is 11.5 Å². The van der Waals surface area contributed by atoms with Crippen LogP contribution < -0.4 is 14.8 Å². The van der Waals surface area contributed by atoms with Crippen LogP contribution in [0, 0.1) is 0 Å². The van der Waals surface area contributed by atoms with E-state index in [0.29, 0.717) is 23.9 Å². The Balaban J connectivity index is 2.10. The standard InChI is InChI=1S/C19H24ClN3O5/c1-6-27-17-14(20)9-13(10-15(17)26-5)19(25)28-12(4)18(24)22-16-7-8-21-23(16)11(2)3/h7-12H,6H2,1-5H3,(H,22,24)/t12-/m0/s1. The van der Waals surface area contributed by atoms with E-state index in [0.717, 1.165) is 0 Å². The molecule has 0 spiro atoms. The summed E-state index contributed by atoms with van der Waals surface area (Å²) in [7, 11) is 1.44. The smallest absolute Gasteiger partial charge is 0.339 e. The summed E-state index contributed by atoms with van der Waals surface area (Å²) in [6.45, 7) is 7.56. The molecule has 0 aliphatic rings. The molecule has 0 aliphatic carbocycles. The van der Waals surface area contributed by atoms with E-state index in [1.807, 2.05) is 20.8 Å². The van der Waals surface area contributed by atoms with E-state index in [2.05, 4.69) is 10.4 Å². The maximum absolute atomic E-state index is 12.5. The first-order chi connectivity index (χ1) is 13.3. The van der Waals surface area contributed by atoms with Crippen LogP contribution in [0.25, 0.3) is 0 Å². The quantitative estimate of drug-likeness (QED) is 0.668. The topological polar surface area (TPSA) is 91.7 Å². The van der Waals surface area contributed by atoms with E-state index in [-0.39, 0.29) is 16.6 Å². The first-order valence-corrected chi connectivity index (χ1v) is 9.21. The van der Waals surface area contributed by atoms with Crippen LogP contribution in [-0.4, -0.2) is 41.5 Å². The largest absolute Gasteiger partial charge is 0.493 e. The number of anilines is 1. The third-order valence-electron chi connectivity index (χ3n) is 3.82. The molecule has 1 aromatic carbocycles. The molecule has 9 heteroatoms. The van der Waals surface area contributed by atoms with Gasteiger partial charge in [0.05, 0.1) is 30.5 Å². The zero-order chi connectivity index (χ0) is 20.8. The molecule has 152 valence electrons. The van der Waals surface area contributed by atoms with Gasteiger partial charge in [0.1, 0.15) is 5.82 Å². The van der Waals surface area contributed by atoms with Crippen molar-refractivity contribution in [3.63, 3.8) is 0 Å². The molecular weight excluding hydrogens is 386 g/mol. The fourth-order valence-electron chi connectivity index (χ4n) is 2.46. The number of rotatable bonds is 8. The summed E-state index contributed by atoms with van der Waals surface area (Å²) in [5.41, 5.74) is 0.150. The number of nitrogens with one attached hydrogen (secondary N) is 1. The number of amides is 1. The monoisotopic (exact) mass is 409 g/mol. The van der Waals surface area contributed by atoms with Gasteiger partial charge in [0, 0.05) is 12.1 Å². The van der Waals surface area contributed by atoms with Crippen LogP contribution in [0.4, 0.5) is 5.82 Å². The number of carbonyl (C=O) groups excluding carboxylic acids is 2. The SMILES string of the molecule is CCOc1c(Cl)cc(C(=O)O[C@@H](C)C(=O)Nc2ccnn2C(C)C)cc1OC. The van der Waals surface area contributed by atoms with Gasteiger partial charge >= 0.3 is 5.97 Å². The highest BCUT2D eigenvalue weighted by atomic mass is 35.5. The lowest BCUT2D eigenvalue weighted by atomic mass is 10.2. The number of benzene rings is 1. The molecule has 8 nitrogen and oxygen atoms in total. The summed E-state index contributed by atoms with van der Waals surface area (Å²) >= 11 is 6.18. The summed E-state index contributed by atoms with van der Waals surface area (Å²) < 4.78 is 17.6. The van der Waals surface area contributed by atoms with Crippen molar-refractivity contribution in [1.82, 2.24) is 9.78 Å². The molecular formula is C19H24ClN3O5. The average Bonchev–Trinajstić information content (AvgIpc) is 3.11. The Morgan fingerprint density at radius 1 is 1.29 bits per heavy atom. The fourth-order valence-corrected chi connectivity index (χ4v) is 2.72. The molecule has 0 unspecified atom stereocenters.